The van der Waals surface area contributed by atoms with Crippen LogP contribution in [0.1, 0.15) is 37.8 Å². The van der Waals surface area contributed by atoms with Crippen LogP contribution < -0.4 is 4.90 Å². The SMILES string of the molecule is CCc1nc(N2CCC(N(CC)CC)C2)sc1CO. The van der Waals surface area contributed by atoms with Gasteiger partial charge in [-0.25, -0.2) is 4.98 Å². The summed E-state index contributed by atoms with van der Waals surface area (Å²) >= 11 is 1.66. The van der Waals surface area contributed by atoms with Crippen molar-refractivity contribution >= 4 is 16.5 Å². The molecule has 0 bridgehead atoms. The van der Waals surface area contributed by atoms with Crippen LogP contribution in [0.5, 0.6) is 0 Å². The van der Waals surface area contributed by atoms with Gasteiger partial charge in [0.25, 0.3) is 0 Å². The summed E-state index contributed by atoms with van der Waals surface area (Å²) in [5.41, 5.74) is 1.06. The first-order valence-corrected chi connectivity index (χ1v) is 8.13. The van der Waals surface area contributed by atoms with E-state index in [1.165, 1.54) is 6.42 Å². The summed E-state index contributed by atoms with van der Waals surface area (Å²) in [4.78, 5) is 10.6. The molecule has 0 aliphatic carbocycles. The van der Waals surface area contributed by atoms with Crippen molar-refractivity contribution in [1.29, 1.82) is 0 Å². The Labute approximate surface area is 120 Å². The van der Waals surface area contributed by atoms with Crippen LogP contribution in [0.15, 0.2) is 0 Å². The number of hydrogen-bond acceptors (Lipinski definition) is 5. The monoisotopic (exact) mass is 283 g/mol. The fourth-order valence-corrected chi connectivity index (χ4v) is 3.90. The zero-order valence-electron chi connectivity index (χ0n) is 12.2. The van der Waals surface area contributed by atoms with Gasteiger partial charge in [-0.3, -0.25) is 4.90 Å². The van der Waals surface area contributed by atoms with Gasteiger partial charge in [0.15, 0.2) is 5.13 Å². The maximum Gasteiger partial charge on any atom is 0.185 e. The van der Waals surface area contributed by atoms with Gasteiger partial charge in [-0.05, 0) is 25.9 Å². The summed E-state index contributed by atoms with van der Waals surface area (Å²) in [6.07, 6.45) is 2.12. The van der Waals surface area contributed by atoms with Crippen LogP contribution in [0.3, 0.4) is 0 Å². The third-order valence-corrected chi connectivity index (χ3v) is 5.15. The fourth-order valence-electron chi connectivity index (χ4n) is 2.86. The largest absolute Gasteiger partial charge is 0.391 e. The van der Waals surface area contributed by atoms with Crippen molar-refractivity contribution in [2.75, 3.05) is 31.1 Å². The minimum Gasteiger partial charge on any atom is -0.391 e. The fraction of sp³-hybridized carbons (Fsp3) is 0.786. The first-order chi connectivity index (χ1) is 9.23. The van der Waals surface area contributed by atoms with E-state index in [-0.39, 0.29) is 6.61 Å². The van der Waals surface area contributed by atoms with E-state index in [1.807, 2.05) is 0 Å². The Morgan fingerprint density at radius 3 is 2.63 bits per heavy atom. The van der Waals surface area contributed by atoms with Gasteiger partial charge in [0.1, 0.15) is 0 Å². The Hall–Kier alpha value is -0.650. The second-order valence-electron chi connectivity index (χ2n) is 4.99. The van der Waals surface area contributed by atoms with Gasteiger partial charge in [-0.1, -0.05) is 32.1 Å². The quantitative estimate of drug-likeness (QED) is 0.868. The average Bonchev–Trinajstić information content (AvgIpc) is 3.05. The average molecular weight is 283 g/mol. The highest BCUT2D eigenvalue weighted by Crippen LogP contribution is 2.30. The molecule has 1 saturated heterocycles. The summed E-state index contributed by atoms with van der Waals surface area (Å²) in [5.74, 6) is 0. The molecule has 1 aliphatic heterocycles. The lowest BCUT2D eigenvalue weighted by Gasteiger charge is -2.25. The highest BCUT2D eigenvalue weighted by Gasteiger charge is 2.28. The van der Waals surface area contributed by atoms with Crippen LogP contribution in [-0.4, -0.2) is 47.2 Å². The number of anilines is 1. The molecule has 1 fully saturated rings. The smallest absolute Gasteiger partial charge is 0.185 e. The number of thiazole rings is 1. The van der Waals surface area contributed by atoms with Gasteiger partial charge in [-0.15, -0.1) is 0 Å². The molecule has 0 spiro atoms. The molecule has 1 N–H and O–H groups in total. The number of rotatable bonds is 6. The van der Waals surface area contributed by atoms with E-state index in [9.17, 15) is 5.11 Å². The summed E-state index contributed by atoms with van der Waals surface area (Å²) in [7, 11) is 0. The van der Waals surface area contributed by atoms with Crippen LogP contribution in [0.2, 0.25) is 0 Å². The molecule has 0 saturated carbocycles. The maximum atomic E-state index is 9.37. The number of aryl methyl sites for hydroxylation is 1. The first kappa shape index (κ1) is 14.8. The van der Waals surface area contributed by atoms with Crippen LogP contribution in [0, 0.1) is 0 Å². The summed E-state index contributed by atoms with van der Waals surface area (Å²) in [6.45, 7) is 11.1. The van der Waals surface area contributed by atoms with Crippen molar-refractivity contribution in [1.82, 2.24) is 9.88 Å². The van der Waals surface area contributed by atoms with E-state index in [0.29, 0.717) is 6.04 Å². The Morgan fingerprint density at radius 1 is 1.37 bits per heavy atom. The molecule has 1 unspecified atom stereocenters. The van der Waals surface area contributed by atoms with Crippen molar-refractivity contribution in [3.63, 3.8) is 0 Å². The Morgan fingerprint density at radius 2 is 2.11 bits per heavy atom. The minimum atomic E-state index is 0.119. The van der Waals surface area contributed by atoms with Gasteiger partial charge >= 0.3 is 0 Å². The molecule has 0 amide bonds. The number of nitrogens with zero attached hydrogens (tertiary/aromatic N) is 3. The van der Waals surface area contributed by atoms with E-state index in [1.54, 1.807) is 11.3 Å². The lowest BCUT2D eigenvalue weighted by atomic mass is 10.2. The van der Waals surface area contributed by atoms with Crippen molar-refractivity contribution in [2.45, 2.75) is 46.3 Å². The summed E-state index contributed by atoms with van der Waals surface area (Å²) in [5, 5.41) is 10.5. The third kappa shape index (κ3) is 3.09. The molecule has 0 aromatic carbocycles. The second-order valence-corrected chi connectivity index (χ2v) is 6.05. The van der Waals surface area contributed by atoms with E-state index in [2.05, 4.69) is 30.6 Å². The third-order valence-electron chi connectivity index (χ3n) is 4.01. The van der Waals surface area contributed by atoms with Crippen molar-refractivity contribution in [3.05, 3.63) is 10.6 Å². The second kappa shape index (κ2) is 6.68. The van der Waals surface area contributed by atoms with Gasteiger partial charge in [-0.2, -0.15) is 0 Å². The maximum absolute atomic E-state index is 9.37. The molecule has 1 aromatic rings. The lowest BCUT2D eigenvalue weighted by Crippen LogP contribution is -2.37. The van der Waals surface area contributed by atoms with Crippen molar-refractivity contribution in [2.24, 2.45) is 0 Å². The molecule has 1 aromatic heterocycles. The molecular weight excluding hydrogens is 258 g/mol. The Balaban J connectivity index is 2.06. The molecule has 5 heteroatoms. The highest BCUT2D eigenvalue weighted by molar-refractivity contribution is 7.15. The van der Waals surface area contributed by atoms with Crippen LogP contribution in [-0.2, 0) is 13.0 Å². The zero-order chi connectivity index (χ0) is 13.8. The van der Waals surface area contributed by atoms with E-state index < -0.39 is 0 Å². The molecule has 1 aliphatic rings. The van der Waals surface area contributed by atoms with Gasteiger partial charge in [0.2, 0.25) is 0 Å². The molecule has 19 heavy (non-hydrogen) atoms. The number of hydrogen-bond donors (Lipinski definition) is 1. The van der Waals surface area contributed by atoms with E-state index >= 15 is 0 Å². The Bertz CT molecular complexity index is 382. The van der Waals surface area contributed by atoms with Crippen LogP contribution in [0.4, 0.5) is 5.13 Å². The molecular formula is C14H25N3OS. The molecule has 108 valence electrons. The highest BCUT2D eigenvalue weighted by atomic mass is 32.1. The topological polar surface area (TPSA) is 39.6 Å². The number of aromatic nitrogens is 1. The number of aliphatic hydroxyl groups is 1. The van der Waals surface area contributed by atoms with Gasteiger partial charge in [0, 0.05) is 19.1 Å². The van der Waals surface area contributed by atoms with Crippen molar-refractivity contribution in [3.8, 4) is 0 Å². The standard InChI is InChI=1S/C14H25N3OS/c1-4-12-13(10-18)19-14(15-12)17-8-7-11(9-17)16(5-2)6-3/h11,18H,4-10H2,1-3H3. The first-order valence-electron chi connectivity index (χ1n) is 7.31. The molecule has 2 heterocycles. The van der Waals surface area contributed by atoms with Crippen LogP contribution >= 0.6 is 11.3 Å². The molecule has 0 radical (unpaired) electrons. The van der Waals surface area contributed by atoms with Crippen LogP contribution in [0.25, 0.3) is 0 Å². The summed E-state index contributed by atoms with van der Waals surface area (Å²) < 4.78 is 0. The Kier molecular flexibility index (Phi) is 5.19. The predicted molar refractivity (Wildman–Crippen MR) is 81.0 cm³/mol. The predicted octanol–water partition coefficient (Wildman–Crippen LogP) is 2.12. The summed E-state index contributed by atoms with van der Waals surface area (Å²) in [6, 6.07) is 0.654. The normalized spacial score (nSPS) is 19.6. The van der Waals surface area contributed by atoms with Gasteiger partial charge < -0.3 is 10.0 Å². The molecule has 4 nitrogen and oxygen atoms in total. The van der Waals surface area contributed by atoms with E-state index in [0.717, 1.165) is 48.3 Å². The molecule has 1 atom stereocenters. The lowest BCUT2D eigenvalue weighted by molar-refractivity contribution is 0.232. The number of likely N-dealkylation sites (N-methyl/N-ethyl adjacent to an activating group) is 1. The van der Waals surface area contributed by atoms with Crippen molar-refractivity contribution < 1.29 is 5.11 Å². The zero-order valence-corrected chi connectivity index (χ0v) is 13.0. The van der Waals surface area contributed by atoms with Gasteiger partial charge in [0.05, 0.1) is 17.2 Å². The van der Waals surface area contributed by atoms with E-state index in [4.69, 9.17) is 4.98 Å². The number of aliphatic hydroxyl groups excluding tert-OH is 1. The molecule has 2 rings (SSSR count). The minimum absolute atomic E-state index is 0.119.